The van der Waals surface area contributed by atoms with E-state index < -0.39 is 0 Å². The Morgan fingerprint density at radius 2 is 1.43 bits per heavy atom. The molecule has 0 fully saturated rings. The first-order chi connectivity index (χ1) is 10.2. The van der Waals surface area contributed by atoms with E-state index in [0.29, 0.717) is 0 Å². The second kappa shape index (κ2) is 7.20. The van der Waals surface area contributed by atoms with E-state index in [-0.39, 0.29) is 0 Å². The molecule has 0 atom stereocenters. The zero-order valence-corrected chi connectivity index (χ0v) is 12.3. The van der Waals surface area contributed by atoms with Crippen molar-refractivity contribution in [3.63, 3.8) is 0 Å². The summed E-state index contributed by atoms with van der Waals surface area (Å²) in [6.45, 7) is 9.86. The Kier molecular flexibility index (Phi) is 5.05. The molecule has 1 nitrogen and oxygen atoms in total. The molecule has 0 radical (unpaired) electrons. The molecule has 0 aliphatic heterocycles. The van der Waals surface area contributed by atoms with Gasteiger partial charge in [-0.25, -0.2) is 0 Å². The number of benzene rings is 2. The maximum absolute atomic E-state index is 4.63. The van der Waals surface area contributed by atoms with Crippen molar-refractivity contribution < 1.29 is 0 Å². The summed E-state index contributed by atoms with van der Waals surface area (Å²) in [7, 11) is 0. The summed E-state index contributed by atoms with van der Waals surface area (Å²) < 4.78 is 0. The minimum Gasteiger partial charge on any atom is -0.253 e. The minimum absolute atomic E-state index is 0.881. The van der Waals surface area contributed by atoms with Gasteiger partial charge in [-0.15, -0.1) is 0 Å². The first kappa shape index (κ1) is 14.7. The number of hydrogen-bond donors (Lipinski definition) is 0. The van der Waals surface area contributed by atoms with Crippen molar-refractivity contribution in [1.82, 2.24) is 0 Å². The van der Waals surface area contributed by atoms with E-state index in [0.717, 1.165) is 28.1 Å². The fourth-order valence-electron chi connectivity index (χ4n) is 1.93. The van der Waals surface area contributed by atoms with Crippen molar-refractivity contribution in [3.8, 4) is 0 Å². The van der Waals surface area contributed by atoms with E-state index >= 15 is 0 Å². The van der Waals surface area contributed by atoms with Gasteiger partial charge in [-0.3, -0.25) is 4.99 Å². The maximum atomic E-state index is 4.63. The van der Waals surface area contributed by atoms with Crippen molar-refractivity contribution in [2.75, 3.05) is 0 Å². The molecule has 1 heteroatoms. The monoisotopic (exact) mass is 273 g/mol. The number of allylic oxidation sites excluding steroid dienone is 3. The Bertz CT molecular complexity index is 676. The van der Waals surface area contributed by atoms with Crippen LogP contribution in [0, 0.1) is 0 Å². The Hall–Kier alpha value is -2.67. The van der Waals surface area contributed by atoms with Gasteiger partial charge in [-0.1, -0.05) is 73.8 Å². The van der Waals surface area contributed by atoms with E-state index in [1.54, 1.807) is 6.08 Å². The van der Waals surface area contributed by atoms with E-state index in [1.165, 1.54) is 0 Å². The fourth-order valence-corrected chi connectivity index (χ4v) is 1.93. The second-order valence-corrected chi connectivity index (χ2v) is 4.74. The predicted octanol–water partition coefficient (Wildman–Crippen LogP) is 5.39. The van der Waals surface area contributed by atoms with Gasteiger partial charge in [-0.05, 0) is 30.2 Å². The topological polar surface area (TPSA) is 12.4 Å². The van der Waals surface area contributed by atoms with Gasteiger partial charge in [0.15, 0.2) is 0 Å². The molecule has 0 aliphatic carbocycles. The van der Waals surface area contributed by atoms with Crippen LogP contribution >= 0.6 is 0 Å². The minimum atomic E-state index is 0.881. The molecule has 2 aromatic carbocycles. The lowest BCUT2D eigenvalue weighted by molar-refractivity contribution is 1.49. The zero-order chi connectivity index (χ0) is 15.1. The van der Waals surface area contributed by atoms with Crippen molar-refractivity contribution in [2.45, 2.75) is 6.92 Å². The summed E-state index contributed by atoms with van der Waals surface area (Å²) in [6, 6.07) is 20.2. The molecule has 2 aromatic rings. The average molecular weight is 273 g/mol. The normalized spacial score (nSPS) is 12.0. The van der Waals surface area contributed by atoms with Gasteiger partial charge in [0.1, 0.15) is 0 Å². The Morgan fingerprint density at radius 1 is 0.905 bits per heavy atom. The van der Waals surface area contributed by atoms with Crippen molar-refractivity contribution >= 4 is 17.0 Å². The third kappa shape index (κ3) is 4.15. The molecule has 0 aromatic heterocycles. The molecule has 0 spiro atoms. The smallest absolute Gasteiger partial charge is 0.0711 e. The standard InChI is InChI=1S/C20H19N/c1-4-17(3)21-20(19-13-9-6-10-14-19)15-16(2)18-11-7-5-8-12-18/h4-15H,1-2H2,3H3/b20-15-,21-17?. The van der Waals surface area contributed by atoms with Crippen LogP contribution in [0.5, 0.6) is 0 Å². The summed E-state index contributed by atoms with van der Waals surface area (Å²) >= 11 is 0. The number of nitrogens with zero attached hydrogens (tertiary/aromatic N) is 1. The highest BCUT2D eigenvalue weighted by Gasteiger charge is 2.02. The zero-order valence-electron chi connectivity index (χ0n) is 12.3. The van der Waals surface area contributed by atoms with E-state index in [1.807, 2.05) is 73.7 Å². The summed E-state index contributed by atoms with van der Waals surface area (Å²) in [6.07, 6.45) is 3.76. The highest BCUT2D eigenvalue weighted by atomic mass is 14.7. The summed E-state index contributed by atoms with van der Waals surface area (Å²) in [4.78, 5) is 4.63. The van der Waals surface area contributed by atoms with E-state index in [4.69, 9.17) is 0 Å². The molecule has 21 heavy (non-hydrogen) atoms. The van der Waals surface area contributed by atoms with Crippen LogP contribution in [-0.2, 0) is 0 Å². The first-order valence-electron chi connectivity index (χ1n) is 6.90. The molecule has 0 N–H and O–H groups in total. The fraction of sp³-hybridized carbons (Fsp3) is 0.0500. The first-order valence-corrected chi connectivity index (χ1v) is 6.90. The van der Waals surface area contributed by atoms with E-state index in [2.05, 4.69) is 18.2 Å². The molecule has 104 valence electrons. The third-order valence-corrected chi connectivity index (χ3v) is 3.12. The molecule has 2 rings (SSSR count). The van der Waals surface area contributed by atoms with Crippen LogP contribution in [0.25, 0.3) is 11.3 Å². The Labute approximate surface area is 126 Å². The van der Waals surface area contributed by atoms with Crippen LogP contribution in [0.15, 0.2) is 91.0 Å². The van der Waals surface area contributed by atoms with Gasteiger partial charge >= 0.3 is 0 Å². The molecule has 0 heterocycles. The predicted molar refractivity (Wildman–Crippen MR) is 93.2 cm³/mol. The molecule has 0 saturated heterocycles. The number of hydrogen-bond acceptors (Lipinski definition) is 1. The van der Waals surface area contributed by atoms with Crippen LogP contribution < -0.4 is 0 Å². The molecular formula is C20H19N. The van der Waals surface area contributed by atoms with Gasteiger partial charge in [0.25, 0.3) is 0 Å². The lowest BCUT2D eigenvalue weighted by atomic mass is 10.0. The van der Waals surface area contributed by atoms with Crippen LogP contribution in [-0.4, -0.2) is 5.71 Å². The quantitative estimate of drug-likeness (QED) is 0.511. The van der Waals surface area contributed by atoms with Crippen molar-refractivity contribution in [3.05, 3.63) is 97.1 Å². The van der Waals surface area contributed by atoms with E-state index in [9.17, 15) is 0 Å². The molecule has 0 amide bonds. The highest BCUT2D eigenvalue weighted by molar-refractivity contribution is 5.97. The molecule has 0 unspecified atom stereocenters. The van der Waals surface area contributed by atoms with Crippen LogP contribution in [0.4, 0.5) is 0 Å². The Balaban J connectivity index is 2.43. The number of aliphatic imine (C=N–C) groups is 1. The molecular weight excluding hydrogens is 254 g/mol. The lowest BCUT2D eigenvalue weighted by Crippen LogP contribution is -1.89. The number of rotatable bonds is 5. The summed E-state index contributed by atoms with van der Waals surface area (Å²) in [5, 5.41) is 0. The SMILES string of the molecule is C=CC(C)=N/C(=C\C(=C)c1ccccc1)c1ccccc1. The van der Waals surface area contributed by atoms with Gasteiger partial charge in [-0.2, -0.15) is 0 Å². The molecule has 0 saturated carbocycles. The lowest BCUT2D eigenvalue weighted by Gasteiger charge is -2.06. The third-order valence-electron chi connectivity index (χ3n) is 3.12. The average Bonchev–Trinajstić information content (AvgIpc) is 2.55. The maximum Gasteiger partial charge on any atom is 0.0711 e. The van der Waals surface area contributed by atoms with Gasteiger partial charge < -0.3 is 0 Å². The van der Waals surface area contributed by atoms with Crippen molar-refractivity contribution in [2.24, 2.45) is 4.99 Å². The van der Waals surface area contributed by atoms with Crippen LogP contribution in [0.1, 0.15) is 18.1 Å². The van der Waals surface area contributed by atoms with Gasteiger partial charge in [0, 0.05) is 11.3 Å². The largest absolute Gasteiger partial charge is 0.253 e. The van der Waals surface area contributed by atoms with Crippen LogP contribution in [0.2, 0.25) is 0 Å². The second-order valence-electron chi connectivity index (χ2n) is 4.74. The summed E-state index contributed by atoms with van der Waals surface area (Å²) in [5.74, 6) is 0. The molecule has 0 aliphatic rings. The summed E-state index contributed by atoms with van der Waals surface area (Å²) in [5.41, 5.74) is 4.87. The Morgan fingerprint density at radius 3 is 1.95 bits per heavy atom. The van der Waals surface area contributed by atoms with Crippen molar-refractivity contribution in [1.29, 1.82) is 0 Å². The molecule has 0 bridgehead atoms. The van der Waals surface area contributed by atoms with Crippen LogP contribution in [0.3, 0.4) is 0 Å². The highest BCUT2D eigenvalue weighted by Crippen LogP contribution is 2.22. The van der Waals surface area contributed by atoms with Gasteiger partial charge in [0.05, 0.1) is 5.70 Å². The van der Waals surface area contributed by atoms with Gasteiger partial charge in [0.2, 0.25) is 0 Å².